The number of hydrogen-bond donors (Lipinski definition) is 2. The van der Waals surface area contributed by atoms with E-state index in [4.69, 9.17) is 10.9 Å². The average molecular weight is 349 g/mol. The van der Waals surface area contributed by atoms with Crippen molar-refractivity contribution < 1.29 is 18.4 Å². The maximum absolute atomic E-state index is 12.5. The van der Waals surface area contributed by atoms with Crippen LogP contribution in [-0.4, -0.2) is 20.8 Å². The normalized spacial score (nSPS) is 12.7. The number of benzene rings is 1. The Kier molecular flexibility index (Phi) is 3.71. The van der Waals surface area contributed by atoms with Crippen LogP contribution in [0.25, 0.3) is 5.69 Å². The molecule has 2 rings (SSSR count). The van der Waals surface area contributed by atoms with Crippen LogP contribution >= 0.6 is 15.9 Å². The van der Waals surface area contributed by atoms with Gasteiger partial charge in [0.25, 0.3) is 0 Å². The monoisotopic (exact) mass is 348 g/mol. The highest BCUT2D eigenvalue weighted by molar-refractivity contribution is 9.10. The van der Waals surface area contributed by atoms with Crippen molar-refractivity contribution in [1.82, 2.24) is 9.78 Å². The van der Waals surface area contributed by atoms with Crippen LogP contribution in [0.3, 0.4) is 0 Å². The van der Waals surface area contributed by atoms with Crippen molar-refractivity contribution in [3.63, 3.8) is 0 Å². The average Bonchev–Trinajstić information content (AvgIpc) is 2.87. The van der Waals surface area contributed by atoms with Gasteiger partial charge in [-0.15, -0.1) is 0 Å². The second-order valence-electron chi connectivity index (χ2n) is 3.79. The summed E-state index contributed by atoms with van der Waals surface area (Å²) in [6, 6.07) is 5.47. The van der Waals surface area contributed by atoms with E-state index in [0.29, 0.717) is 4.47 Å². The van der Waals surface area contributed by atoms with Gasteiger partial charge in [-0.25, -0.2) is 4.68 Å². The molecule has 0 saturated carbocycles. The molecule has 0 bridgehead atoms. The zero-order chi connectivity index (χ0) is 14.9. The SMILES string of the molecule is N/C(=N/O)c1cc(Br)ccc1-n1ccc(C(F)(F)F)n1. The first kappa shape index (κ1) is 14.4. The molecule has 9 heteroatoms. The zero-order valence-electron chi connectivity index (χ0n) is 9.76. The summed E-state index contributed by atoms with van der Waals surface area (Å²) < 4.78 is 39.3. The Morgan fingerprint density at radius 1 is 1.35 bits per heavy atom. The van der Waals surface area contributed by atoms with Crippen LogP contribution in [0.1, 0.15) is 11.3 Å². The molecule has 0 fully saturated rings. The molecule has 2 aromatic rings. The summed E-state index contributed by atoms with van der Waals surface area (Å²) in [5, 5.41) is 15.0. The van der Waals surface area contributed by atoms with E-state index in [1.54, 1.807) is 6.07 Å². The van der Waals surface area contributed by atoms with E-state index in [1.807, 2.05) is 0 Å². The molecule has 0 aliphatic heterocycles. The van der Waals surface area contributed by atoms with Crippen molar-refractivity contribution in [3.05, 3.63) is 46.2 Å². The molecule has 0 unspecified atom stereocenters. The molecule has 20 heavy (non-hydrogen) atoms. The molecule has 0 radical (unpaired) electrons. The topological polar surface area (TPSA) is 76.4 Å². The molecule has 0 saturated heterocycles. The van der Waals surface area contributed by atoms with Crippen molar-refractivity contribution in [3.8, 4) is 5.69 Å². The molecular weight excluding hydrogens is 341 g/mol. The summed E-state index contributed by atoms with van der Waals surface area (Å²) in [6.45, 7) is 0. The van der Waals surface area contributed by atoms with Gasteiger partial charge in [-0.1, -0.05) is 21.1 Å². The highest BCUT2D eigenvalue weighted by Crippen LogP contribution is 2.28. The predicted octanol–water partition coefficient (Wildman–Crippen LogP) is 2.75. The molecule has 0 spiro atoms. The van der Waals surface area contributed by atoms with Crippen LogP contribution in [0, 0.1) is 0 Å². The van der Waals surface area contributed by atoms with Crippen LogP contribution < -0.4 is 5.73 Å². The van der Waals surface area contributed by atoms with Crippen LogP contribution in [0.15, 0.2) is 40.1 Å². The fraction of sp³-hybridized carbons (Fsp3) is 0.0909. The molecule has 0 aliphatic carbocycles. The Morgan fingerprint density at radius 2 is 2.05 bits per heavy atom. The quantitative estimate of drug-likeness (QED) is 0.379. The lowest BCUT2D eigenvalue weighted by molar-refractivity contribution is -0.141. The fourth-order valence-electron chi connectivity index (χ4n) is 1.58. The Bertz CT molecular complexity index is 666. The minimum Gasteiger partial charge on any atom is -0.409 e. The van der Waals surface area contributed by atoms with Gasteiger partial charge in [0.2, 0.25) is 0 Å². The number of oxime groups is 1. The van der Waals surface area contributed by atoms with E-state index in [1.165, 1.54) is 12.1 Å². The third kappa shape index (κ3) is 2.77. The van der Waals surface area contributed by atoms with Crippen LogP contribution in [-0.2, 0) is 6.18 Å². The lowest BCUT2D eigenvalue weighted by Crippen LogP contribution is -2.17. The summed E-state index contributed by atoms with van der Waals surface area (Å²) in [4.78, 5) is 0. The Labute approximate surface area is 119 Å². The van der Waals surface area contributed by atoms with E-state index >= 15 is 0 Å². The number of rotatable bonds is 2. The van der Waals surface area contributed by atoms with Crippen LogP contribution in [0.2, 0.25) is 0 Å². The molecule has 0 atom stereocenters. The fourth-order valence-corrected chi connectivity index (χ4v) is 1.94. The van der Waals surface area contributed by atoms with Crippen molar-refractivity contribution in [2.75, 3.05) is 0 Å². The van der Waals surface area contributed by atoms with Crippen molar-refractivity contribution in [2.45, 2.75) is 6.18 Å². The molecule has 3 N–H and O–H groups in total. The highest BCUT2D eigenvalue weighted by atomic mass is 79.9. The van der Waals surface area contributed by atoms with E-state index in [2.05, 4.69) is 26.2 Å². The summed E-state index contributed by atoms with van der Waals surface area (Å²) in [6.07, 6.45) is -3.38. The minimum atomic E-state index is -4.53. The maximum atomic E-state index is 12.5. The van der Waals surface area contributed by atoms with Gasteiger partial charge in [-0.3, -0.25) is 0 Å². The molecule has 0 aliphatic rings. The van der Waals surface area contributed by atoms with Gasteiger partial charge in [0.05, 0.1) is 5.69 Å². The minimum absolute atomic E-state index is 0.231. The Morgan fingerprint density at radius 3 is 2.60 bits per heavy atom. The molecule has 1 heterocycles. The molecular formula is C11H8BrF3N4O. The second-order valence-corrected chi connectivity index (χ2v) is 4.71. The lowest BCUT2D eigenvalue weighted by atomic mass is 10.1. The van der Waals surface area contributed by atoms with Gasteiger partial charge in [0.1, 0.15) is 0 Å². The number of nitrogens with two attached hydrogens (primary N) is 1. The third-order valence-electron chi connectivity index (χ3n) is 2.47. The molecule has 1 aromatic heterocycles. The van der Waals surface area contributed by atoms with Gasteiger partial charge < -0.3 is 10.9 Å². The van der Waals surface area contributed by atoms with E-state index in [-0.39, 0.29) is 17.1 Å². The second kappa shape index (κ2) is 5.16. The van der Waals surface area contributed by atoms with Crippen molar-refractivity contribution in [2.24, 2.45) is 10.9 Å². The first-order chi connectivity index (χ1) is 9.32. The molecule has 0 amide bonds. The van der Waals surface area contributed by atoms with Gasteiger partial charge >= 0.3 is 6.18 Å². The molecule has 106 valence electrons. The van der Waals surface area contributed by atoms with E-state index < -0.39 is 11.9 Å². The lowest BCUT2D eigenvalue weighted by Gasteiger charge is -2.09. The third-order valence-corrected chi connectivity index (χ3v) is 2.96. The standard InChI is InChI=1S/C11H8BrF3N4O/c12-6-1-2-8(7(5-6)10(16)18-20)19-4-3-9(17-19)11(13,14)15/h1-5,20H,(H2,16,18). The number of alkyl halides is 3. The van der Waals surface area contributed by atoms with E-state index in [9.17, 15) is 13.2 Å². The summed E-state index contributed by atoms with van der Waals surface area (Å²) in [7, 11) is 0. The van der Waals surface area contributed by atoms with Crippen LogP contribution in [0.4, 0.5) is 13.2 Å². The summed E-state index contributed by atoms with van der Waals surface area (Å²) >= 11 is 3.20. The van der Waals surface area contributed by atoms with E-state index in [0.717, 1.165) is 16.9 Å². The van der Waals surface area contributed by atoms with Gasteiger partial charge in [-0.2, -0.15) is 18.3 Å². The van der Waals surface area contributed by atoms with Gasteiger partial charge in [-0.05, 0) is 24.3 Å². The van der Waals surface area contributed by atoms with Crippen molar-refractivity contribution in [1.29, 1.82) is 0 Å². The Balaban J connectivity index is 2.56. The number of amidine groups is 1. The largest absolute Gasteiger partial charge is 0.435 e. The van der Waals surface area contributed by atoms with Crippen molar-refractivity contribution >= 4 is 21.8 Å². The number of hydrogen-bond acceptors (Lipinski definition) is 3. The Hall–Kier alpha value is -2.03. The highest BCUT2D eigenvalue weighted by Gasteiger charge is 2.33. The molecule has 1 aromatic carbocycles. The van der Waals surface area contributed by atoms with Gasteiger partial charge in [0, 0.05) is 16.2 Å². The zero-order valence-corrected chi connectivity index (χ0v) is 11.4. The van der Waals surface area contributed by atoms with Crippen LogP contribution in [0.5, 0.6) is 0 Å². The molecule has 5 nitrogen and oxygen atoms in total. The van der Waals surface area contributed by atoms with Gasteiger partial charge in [0.15, 0.2) is 11.5 Å². The number of halogens is 4. The predicted molar refractivity (Wildman–Crippen MR) is 68.8 cm³/mol. The first-order valence-corrected chi connectivity index (χ1v) is 6.03. The summed E-state index contributed by atoms with van der Waals surface area (Å²) in [5.74, 6) is -0.231. The summed E-state index contributed by atoms with van der Waals surface area (Å²) in [5.41, 5.74) is 5.00. The number of nitrogens with zero attached hydrogens (tertiary/aromatic N) is 3. The smallest absolute Gasteiger partial charge is 0.409 e. The number of aromatic nitrogens is 2. The maximum Gasteiger partial charge on any atom is 0.435 e. The first-order valence-electron chi connectivity index (χ1n) is 5.23.